The van der Waals surface area contributed by atoms with Crippen LogP contribution in [0, 0.1) is 0 Å². The van der Waals surface area contributed by atoms with E-state index in [1.807, 2.05) is 25.5 Å². The zero-order chi connectivity index (χ0) is 19.2. The molecule has 3 heterocycles. The number of hydrogen-bond acceptors (Lipinski definition) is 4. The maximum atomic E-state index is 5.96. The molecule has 0 bridgehead atoms. The summed E-state index contributed by atoms with van der Waals surface area (Å²) in [5.74, 6) is 1.88. The molecule has 2 aliphatic heterocycles. The van der Waals surface area contributed by atoms with Crippen molar-refractivity contribution in [3.63, 3.8) is 0 Å². The highest BCUT2D eigenvalue weighted by Gasteiger charge is 2.32. The van der Waals surface area contributed by atoms with Crippen LogP contribution in [0.5, 0.6) is 0 Å². The summed E-state index contributed by atoms with van der Waals surface area (Å²) < 4.78 is 13.9. The lowest BCUT2D eigenvalue weighted by atomic mass is 10.1. The normalized spacial score (nSPS) is 22.4. The van der Waals surface area contributed by atoms with E-state index < -0.39 is 0 Å². The van der Waals surface area contributed by atoms with Crippen molar-refractivity contribution in [3.05, 3.63) is 54.1 Å². The van der Waals surface area contributed by atoms with Crippen molar-refractivity contribution in [1.29, 1.82) is 0 Å². The summed E-state index contributed by atoms with van der Waals surface area (Å²) in [5.41, 5.74) is 1.26. The fourth-order valence-corrected chi connectivity index (χ4v) is 3.91. The second-order valence-corrected chi connectivity index (χ2v) is 7.26. The van der Waals surface area contributed by atoms with E-state index in [1.165, 1.54) is 5.56 Å². The highest BCUT2D eigenvalue weighted by Crippen LogP contribution is 2.21. The maximum Gasteiger partial charge on any atom is 0.194 e. The van der Waals surface area contributed by atoms with Crippen molar-refractivity contribution in [2.45, 2.75) is 38.1 Å². The third kappa shape index (κ3) is 5.70. The molecule has 2 saturated heterocycles. The smallest absolute Gasteiger partial charge is 0.194 e. The number of ether oxygens (including phenoxy) is 2. The van der Waals surface area contributed by atoms with Crippen LogP contribution >= 0.6 is 24.0 Å². The van der Waals surface area contributed by atoms with E-state index in [0.29, 0.717) is 13.2 Å². The van der Waals surface area contributed by atoms with Crippen LogP contribution in [-0.2, 0) is 22.6 Å². The fourth-order valence-electron chi connectivity index (χ4n) is 3.91. The lowest BCUT2D eigenvalue weighted by Gasteiger charge is -2.37. The van der Waals surface area contributed by atoms with Gasteiger partial charge in [-0.05, 0) is 18.4 Å². The zero-order valence-electron chi connectivity index (χ0n) is 16.9. The minimum atomic E-state index is 0. The molecule has 8 heteroatoms. The molecule has 2 aromatic rings. The van der Waals surface area contributed by atoms with E-state index in [9.17, 15) is 0 Å². The number of rotatable bonds is 5. The van der Waals surface area contributed by atoms with E-state index in [-0.39, 0.29) is 36.2 Å². The van der Waals surface area contributed by atoms with Crippen molar-refractivity contribution < 1.29 is 9.47 Å². The zero-order valence-corrected chi connectivity index (χ0v) is 19.2. The van der Waals surface area contributed by atoms with Gasteiger partial charge in [0, 0.05) is 45.7 Å². The Morgan fingerprint density at radius 2 is 2.03 bits per heavy atom. The van der Waals surface area contributed by atoms with Gasteiger partial charge in [-0.1, -0.05) is 30.3 Å². The first-order valence-electron chi connectivity index (χ1n) is 10.1. The predicted molar refractivity (Wildman–Crippen MR) is 124 cm³/mol. The molecule has 0 radical (unpaired) electrons. The van der Waals surface area contributed by atoms with Gasteiger partial charge < -0.3 is 24.3 Å². The number of nitrogens with one attached hydrogen (secondary N) is 1. The van der Waals surface area contributed by atoms with Gasteiger partial charge in [0.25, 0.3) is 0 Å². The van der Waals surface area contributed by atoms with E-state index in [4.69, 9.17) is 9.47 Å². The number of halogens is 1. The average molecular weight is 511 g/mol. The van der Waals surface area contributed by atoms with Gasteiger partial charge in [0.15, 0.2) is 5.96 Å². The van der Waals surface area contributed by atoms with E-state index >= 15 is 0 Å². The summed E-state index contributed by atoms with van der Waals surface area (Å²) in [4.78, 5) is 11.3. The third-order valence-corrected chi connectivity index (χ3v) is 5.39. The van der Waals surface area contributed by atoms with Crippen LogP contribution < -0.4 is 5.32 Å². The largest absolute Gasteiger partial charge is 0.375 e. The van der Waals surface area contributed by atoms with Crippen molar-refractivity contribution in [2.75, 3.05) is 33.4 Å². The molecule has 1 N–H and O–H groups in total. The van der Waals surface area contributed by atoms with Crippen molar-refractivity contribution in [2.24, 2.45) is 4.99 Å². The quantitative estimate of drug-likeness (QED) is 0.380. The summed E-state index contributed by atoms with van der Waals surface area (Å²) in [6.45, 7) is 4.64. The Morgan fingerprint density at radius 1 is 1.21 bits per heavy atom. The van der Waals surface area contributed by atoms with Gasteiger partial charge in [-0.25, -0.2) is 4.98 Å². The lowest BCUT2D eigenvalue weighted by molar-refractivity contribution is -0.0817. The predicted octanol–water partition coefficient (Wildman–Crippen LogP) is 2.50. The minimum absolute atomic E-state index is 0. The SMILES string of the molecule is CN=C(NCc1nccn1Cc1ccccc1)N1CCOC(C2CCCO2)C1.I. The first-order valence-corrected chi connectivity index (χ1v) is 10.1. The van der Waals surface area contributed by atoms with Gasteiger partial charge in [0.05, 0.1) is 19.3 Å². The first kappa shape index (κ1) is 22.0. The summed E-state index contributed by atoms with van der Waals surface area (Å²) >= 11 is 0. The Hall–Kier alpha value is -1.65. The van der Waals surface area contributed by atoms with Crippen LogP contribution in [0.3, 0.4) is 0 Å². The summed E-state index contributed by atoms with van der Waals surface area (Å²) in [6.07, 6.45) is 6.42. The molecule has 7 nitrogen and oxygen atoms in total. The molecule has 2 aliphatic rings. The molecule has 0 amide bonds. The number of guanidine groups is 1. The van der Waals surface area contributed by atoms with E-state index in [0.717, 1.165) is 50.9 Å². The van der Waals surface area contributed by atoms with Gasteiger partial charge in [-0.3, -0.25) is 4.99 Å². The van der Waals surface area contributed by atoms with Gasteiger partial charge >= 0.3 is 0 Å². The average Bonchev–Trinajstić information content (AvgIpc) is 3.42. The molecule has 2 fully saturated rings. The Bertz CT molecular complexity index is 776. The van der Waals surface area contributed by atoms with Crippen LogP contribution in [0.2, 0.25) is 0 Å². The highest BCUT2D eigenvalue weighted by molar-refractivity contribution is 14.0. The van der Waals surface area contributed by atoms with Crippen LogP contribution in [0.4, 0.5) is 0 Å². The Kier molecular flexibility index (Phi) is 8.31. The molecule has 1 aromatic carbocycles. The molecule has 0 spiro atoms. The van der Waals surface area contributed by atoms with Crippen LogP contribution in [0.1, 0.15) is 24.2 Å². The topological polar surface area (TPSA) is 63.9 Å². The fraction of sp³-hybridized carbons (Fsp3) is 0.524. The maximum absolute atomic E-state index is 5.96. The summed E-state index contributed by atoms with van der Waals surface area (Å²) in [7, 11) is 1.83. The summed E-state index contributed by atoms with van der Waals surface area (Å²) in [6, 6.07) is 10.4. The standard InChI is InChI=1S/C21H29N5O2.HI/c1-22-21(26-11-13-28-19(16-26)18-8-5-12-27-18)24-14-20-23-9-10-25(20)15-17-6-3-2-4-7-17;/h2-4,6-7,9-10,18-19H,5,8,11-16H2,1H3,(H,22,24);1H. The van der Waals surface area contributed by atoms with Crippen LogP contribution in [-0.4, -0.2) is 66.0 Å². The molecule has 0 aliphatic carbocycles. The summed E-state index contributed by atoms with van der Waals surface area (Å²) in [5, 5.41) is 3.48. The number of benzene rings is 1. The van der Waals surface area contributed by atoms with Gasteiger partial charge in [0.1, 0.15) is 11.9 Å². The van der Waals surface area contributed by atoms with E-state index in [1.54, 1.807) is 0 Å². The Labute approximate surface area is 189 Å². The molecule has 29 heavy (non-hydrogen) atoms. The molecule has 0 saturated carbocycles. The second kappa shape index (κ2) is 10.9. The van der Waals surface area contributed by atoms with Crippen molar-refractivity contribution in [1.82, 2.24) is 19.8 Å². The number of morpholine rings is 1. The first-order chi connectivity index (χ1) is 13.8. The Morgan fingerprint density at radius 3 is 2.79 bits per heavy atom. The molecule has 1 aromatic heterocycles. The number of nitrogens with zero attached hydrogens (tertiary/aromatic N) is 4. The van der Waals surface area contributed by atoms with E-state index in [2.05, 4.69) is 49.0 Å². The monoisotopic (exact) mass is 511 g/mol. The second-order valence-electron chi connectivity index (χ2n) is 7.26. The number of imidazole rings is 1. The number of hydrogen-bond donors (Lipinski definition) is 1. The highest BCUT2D eigenvalue weighted by atomic mass is 127. The molecule has 158 valence electrons. The van der Waals surface area contributed by atoms with Crippen LogP contribution in [0.25, 0.3) is 0 Å². The minimum Gasteiger partial charge on any atom is -0.375 e. The molecule has 4 rings (SSSR count). The van der Waals surface area contributed by atoms with Crippen molar-refractivity contribution in [3.8, 4) is 0 Å². The molecule has 2 atom stereocenters. The van der Waals surface area contributed by atoms with Crippen LogP contribution in [0.15, 0.2) is 47.7 Å². The van der Waals surface area contributed by atoms with Gasteiger partial charge in [-0.2, -0.15) is 0 Å². The molecular formula is C21H30IN5O2. The molecular weight excluding hydrogens is 481 g/mol. The van der Waals surface area contributed by atoms with Gasteiger partial charge in [-0.15, -0.1) is 24.0 Å². The lowest BCUT2D eigenvalue weighted by Crippen LogP contribution is -2.53. The number of aliphatic imine (C=N–C) groups is 1. The van der Waals surface area contributed by atoms with Gasteiger partial charge in [0.2, 0.25) is 0 Å². The third-order valence-electron chi connectivity index (χ3n) is 5.39. The number of aromatic nitrogens is 2. The Balaban J connectivity index is 0.00000240. The molecule has 2 unspecified atom stereocenters. The van der Waals surface area contributed by atoms with Crippen molar-refractivity contribution >= 4 is 29.9 Å².